The lowest BCUT2D eigenvalue weighted by Crippen LogP contribution is -2.04. The summed E-state index contributed by atoms with van der Waals surface area (Å²) in [5.74, 6) is -0.814. The predicted molar refractivity (Wildman–Crippen MR) is 63.6 cm³/mol. The van der Waals surface area contributed by atoms with Gasteiger partial charge in [0.2, 0.25) is 5.75 Å². The van der Waals surface area contributed by atoms with E-state index >= 15 is 0 Å². The van der Waals surface area contributed by atoms with Gasteiger partial charge >= 0.3 is 5.69 Å². The van der Waals surface area contributed by atoms with E-state index in [0.29, 0.717) is 0 Å². The average molecular weight is 252 g/mol. The molecule has 1 amide bonds. The lowest BCUT2D eigenvalue weighted by atomic mass is 10.1. The van der Waals surface area contributed by atoms with E-state index in [4.69, 9.17) is 4.74 Å². The zero-order chi connectivity index (χ0) is 12.8. The van der Waals surface area contributed by atoms with Crippen molar-refractivity contribution in [2.75, 3.05) is 6.61 Å². The Balaban J connectivity index is 3.38. The van der Waals surface area contributed by atoms with Gasteiger partial charge in [-0.1, -0.05) is 6.07 Å². The van der Waals surface area contributed by atoms with E-state index in [2.05, 4.69) is 17.2 Å². The number of nitrogens with zero attached hydrogens (tertiary/aromatic N) is 2. The van der Waals surface area contributed by atoms with Crippen LogP contribution in [0, 0.1) is 10.1 Å². The maximum absolute atomic E-state index is 11.5. The smallest absolute Gasteiger partial charge is 0.311 e. The van der Waals surface area contributed by atoms with Gasteiger partial charge in [-0.15, -0.1) is 0 Å². The molecule has 0 saturated heterocycles. The van der Waals surface area contributed by atoms with Crippen LogP contribution in [-0.4, -0.2) is 22.6 Å². The third kappa shape index (κ3) is 2.93. The van der Waals surface area contributed by atoms with E-state index in [1.165, 1.54) is 18.2 Å². The highest BCUT2D eigenvalue weighted by atomic mass is 32.1. The highest BCUT2D eigenvalue weighted by molar-refractivity contribution is 7.78. The van der Waals surface area contributed by atoms with Crippen LogP contribution in [0.4, 0.5) is 5.69 Å². The normalized spacial score (nSPS) is 9.24. The van der Waals surface area contributed by atoms with Gasteiger partial charge < -0.3 is 4.74 Å². The Bertz CT molecular complexity index is 509. The van der Waals surface area contributed by atoms with Gasteiger partial charge in [-0.25, -0.2) is 0 Å². The van der Waals surface area contributed by atoms with Crippen LogP contribution in [0.3, 0.4) is 0 Å². The van der Waals surface area contributed by atoms with Gasteiger partial charge in [0.05, 0.1) is 22.3 Å². The molecule has 1 aromatic carbocycles. The van der Waals surface area contributed by atoms with Gasteiger partial charge in [0.15, 0.2) is 0 Å². The fraction of sp³-hybridized carbons (Fsp3) is 0.200. The third-order valence-electron chi connectivity index (χ3n) is 1.86. The molecule has 0 N–H and O–H groups in total. The van der Waals surface area contributed by atoms with Crippen molar-refractivity contribution in [2.24, 2.45) is 4.99 Å². The number of nitro groups is 1. The van der Waals surface area contributed by atoms with Gasteiger partial charge in [-0.05, 0) is 25.2 Å². The van der Waals surface area contributed by atoms with Crippen LogP contribution < -0.4 is 4.74 Å². The summed E-state index contributed by atoms with van der Waals surface area (Å²) in [5.41, 5.74) is -0.282. The Morgan fingerprint density at radius 2 is 2.35 bits per heavy atom. The Hall–Kier alpha value is -2.11. The largest absolute Gasteiger partial charge is 0.487 e. The molecule has 0 aromatic heterocycles. The van der Waals surface area contributed by atoms with Crippen molar-refractivity contribution in [2.45, 2.75) is 6.92 Å². The molecular formula is C10H8N2O4S. The van der Waals surface area contributed by atoms with E-state index in [0.717, 1.165) is 0 Å². The van der Waals surface area contributed by atoms with E-state index in [1.54, 1.807) is 6.92 Å². The molecule has 0 saturated carbocycles. The van der Waals surface area contributed by atoms with Crippen molar-refractivity contribution in [3.05, 3.63) is 33.9 Å². The van der Waals surface area contributed by atoms with Crippen LogP contribution in [0.2, 0.25) is 0 Å². The zero-order valence-electron chi connectivity index (χ0n) is 8.87. The number of hydrogen-bond acceptors (Lipinski definition) is 5. The number of isothiocyanates is 1. The maximum atomic E-state index is 11.5. The van der Waals surface area contributed by atoms with Crippen LogP contribution >= 0.6 is 12.2 Å². The number of nitro benzene ring substituents is 1. The van der Waals surface area contributed by atoms with E-state index in [-0.39, 0.29) is 23.6 Å². The second-order valence-electron chi connectivity index (χ2n) is 2.85. The summed E-state index contributed by atoms with van der Waals surface area (Å²) < 4.78 is 5.11. The van der Waals surface area contributed by atoms with Crippen LogP contribution in [0.5, 0.6) is 5.75 Å². The summed E-state index contributed by atoms with van der Waals surface area (Å²) in [6.07, 6.45) is 0. The summed E-state index contributed by atoms with van der Waals surface area (Å²) in [7, 11) is 0. The van der Waals surface area contributed by atoms with Crippen LogP contribution in [0.1, 0.15) is 17.3 Å². The van der Waals surface area contributed by atoms with Crippen molar-refractivity contribution in [1.29, 1.82) is 0 Å². The molecule has 0 unspecified atom stereocenters. The Morgan fingerprint density at radius 3 is 2.88 bits per heavy atom. The average Bonchev–Trinajstić information content (AvgIpc) is 2.29. The second-order valence-corrected chi connectivity index (χ2v) is 3.03. The molecule has 0 aliphatic heterocycles. The number of ether oxygens (including phenoxy) is 1. The van der Waals surface area contributed by atoms with Gasteiger partial charge in [-0.2, -0.15) is 4.99 Å². The highest BCUT2D eigenvalue weighted by Gasteiger charge is 2.22. The van der Waals surface area contributed by atoms with E-state index in [9.17, 15) is 14.9 Å². The first-order chi connectivity index (χ1) is 8.11. The van der Waals surface area contributed by atoms with Crippen LogP contribution in [0.25, 0.3) is 0 Å². The number of carbonyl (C=O) groups is 1. The fourth-order valence-electron chi connectivity index (χ4n) is 1.23. The molecule has 1 aromatic rings. The summed E-state index contributed by atoms with van der Waals surface area (Å²) in [4.78, 5) is 24.9. The lowest BCUT2D eigenvalue weighted by Gasteiger charge is -2.07. The summed E-state index contributed by atoms with van der Waals surface area (Å²) in [6.45, 7) is 1.86. The van der Waals surface area contributed by atoms with Crippen LogP contribution in [0.15, 0.2) is 23.2 Å². The van der Waals surface area contributed by atoms with Crippen molar-refractivity contribution in [3.63, 3.8) is 0 Å². The maximum Gasteiger partial charge on any atom is 0.311 e. The third-order valence-corrected chi connectivity index (χ3v) is 1.95. The number of benzene rings is 1. The molecule has 0 aliphatic carbocycles. The molecule has 0 spiro atoms. The molecule has 0 aliphatic rings. The van der Waals surface area contributed by atoms with Gasteiger partial charge in [0.25, 0.3) is 5.91 Å². The van der Waals surface area contributed by atoms with Gasteiger partial charge in [0.1, 0.15) is 0 Å². The number of carbonyl (C=O) groups excluding carboxylic acids is 1. The molecule has 0 atom stereocenters. The number of hydrogen-bond donors (Lipinski definition) is 0. The highest BCUT2D eigenvalue weighted by Crippen LogP contribution is 2.31. The molecule has 6 nitrogen and oxygen atoms in total. The molecular weight excluding hydrogens is 244 g/mol. The fourth-order valence-corrected chi connectivity index (χ4v) is 1.32. The second kappa shape index (κ2) is 5.83. The minimum absolute atomic E-state index is 0.00148. The number of para-hydroxylation sites is 1. The lowest BCUT2D eigenvalue weighted by molar-refractivity contribution is -0.385. The quantitative estimate of drug-likeness (QED) is 0.355. The molecule has 17 heavy (non-hydrogen) atoms. The van der Waals surface area contributed by atoms with E-state index < -0.39 is 10.8 Å². The zero-order valence-corrected chi connectivity index (χ0v) is 9.69. The minimum Gasteiger partial charge on any atom is -0.487 e. The first kappa shape index (κ1) is 13.0. The Morgan fingerprint density at radius 1 is 1.65 bits per heavy atom. The van der Waals surface area contributed by atoms with Crippen molar-refractivity contribution < 1.29 is 14.5 Å². The molecule has 0 fully saturated rings. The van der Waals surface area contributed by atoms with Crippen molar-refractivity contribution in [1.82, 2.24) is 0 Å². The molecule has 0 bridgehead atoms. The SMILES string of the molecule is CCOc1c(C(=O)N=C=S)cccc1[N+](=O)[O-]. The van der Waals surface area contributed by atoms with Gasteiger partial charge in [0, 0.05) is 6.07 Å². The van der Waals surface area contributed by atoms with Crippen molar-refractivity contribution in [3.8, 4) is 5.75 Å². The summed E-state index contributed by atoms with van der Waals surface area (Å²) >= 11 is 4.31. The van der Waals surface area contributed by atoms with Crippen molar-refractivity contribution >= 4 is 29.0 Å². The monoisotopic (exact) mass is 252 g/mol. The number of rotatable bonds is 4. The van der Waals surface area contributed by atoms with Gasteiger partial charge in [-0.3, -0.25) is 14.9 Å². The minimum atomic E-state index is -0.716. The molecule has 0 heterocycles. The standard InChI is InChI=1S/C10H8N2O4S/c1-2-16-9-7(10(13)11-6-17)4-3-5-8(9)12(14)15/h3-5H,2H2,1H3. The number of aliphatic imine (C=N–C) groups is 1. The Kier molecular flexibility index (Phi) is 4.45. The van der Waals surface area contributed by atoms with E-state index in [1.807, 2.05) is 5.16 Å². The molecule has 1 rings (SSSR count). The molecule has 0 radical (unpaired) electrons. The molecule has 7 heteroatoms. The number of thiocarbonyl (C=S) groups is 1. The summed E-state index contributed by atoms with van der Waals surface area (Å²) in [6, 6.07) is 4.02. The predicted octanol–water partition coefficient (Wildman–Crippen LogP) is 2.24. The number of amides is 1. The summed E-state index contributed by atoms with van der Waals surface area (Å²) in [5, 5.41) is 12.7. The first-order valence-electron chi connectivity index (χ1n) is 4.64. The Labute approximate surface area is 102 Å². The first-order valence-corrected chi connectivity index (χ1v) is 5.05. The topological polar surface area (TPSA) is 81.8 Å². The van der Waals surface area contributed by atoms with Crippen LogP contribution in [-0.2, 0) is 0 Å². The molecule has 88 valence electrons.